The molecule has 0 unspecified atom stereocenters. The molecule has 0 aliphatic carbocycles. The molecule has 2 heterocycles. The van der Waals surface area contributed by atoms with Crippen molar-refractivity contribution in [2.45, 2.75) is 24.8 Å². The lowest BCUT2D eigenvalue weighted by atomic mass is 10.1. The zero-order valence-electron chi connectivity index (χ0n) is 12.4. The van der Waals surface area contributed by atoms with Crippen molar-refractivity contribution in [3.8, 4) is 0 Å². The van der Waals surface area contributed by atoms with E-state index in [0.29, 0.717) is 19.6 Å². The second kappa shape index (κ2) is 5.81. The van der Waals surface area contributed by atoms with Crippen LogP contribution in [-0.2, 0) is 23.0 Å². The van der Waals surface area contributed by atoms with E-state index in [1.807, 2.05) is 6.92 Å². The van der Waals surface area contributed by atoms with Gasteiger partial charge < -0.3 is 0 Å². The highest BCUT2D eigenvalue weighted by Gasteiger charge is 2.27. The van der Waals surface area contributed by atoms with Gasteiger partial charge in [0.1, 0.15) is 0 Å². The number of nitrogens with two attached hydrogens (primary N) is 1. The van der Waals surface area contributed by atoms with E-state index in [1.54, 1.807) is 30.5 Å². The molecule has 2 aromatic rings. The normalized spacial score (nSPS) is 15.7. The molecule has 1 aliphatic heterocycles. The smallest absolute Gasteiger partial charge is 0.283 e. The fourth-order valence-corrected chi connectivity index (χ4v) is 3.99. The highest BCUT2D eigenvalue weighted by Crippen LogP contribution is 2.22. The fraction of sp³-hybridized carbons (Fsp3) is 0.357. The van der Waals surface area contributed by atoms with Gasteiger partial charge in [0.15, 0.2) is 0 Å². The second-order valence-electron chi connectivity index (χ2n) is 5.44. The molecule has 1 aliphatic rings. The van der Waals surface area contributed by atoms with Crippen molar-refractivity contribution in [2.75, 3.05) is 13.2 Å². The lowest BCUT2D eigenvalue weighted by Crippen LogP contribution is -2.41. The number of nitrogens with zero attached hydrogens (tertiary/aromatic N) is 3. The van der Waals surface area contributed by atoms with Gasteiger partial charge in [-0.1, -0.05) is 17.7 Å². The Kier molecular flexibility index (Phi) is 4.00. The van der Waals surface area contributed by atoms with Gasteiger partial charge in [-0.3, -0.25) is 10.7 Å². The summed E-state index contributed by atoms with van der Waals surface area (Å²) in [6, 6.07) is 6.81. The number of nitrogens with one attached hydrogen (secondary N) is 1. The summed E-state index contributed by atoms with van der Waals surface area (Å²) >= 11 is 0. The van der Waals surface area contributed by atoms with Crippen LogP contribution >= 0.6 is 0 Å². The molecule has 1 aromatic heterocycles. The predicted octanol–water partition coefficient (Wildman–Crippen LogP) is 0.207. The number of aromatic nitrogens is 2. The van der Waals surface area contributed by atoms with Crippen molar-refractivity contribution in [1.82, 2.24) is 19.5 Å². The molecule has 0 fully saturated rings. The Labute approximate surface area is 129 Å². The van der Waals surface area contributed by atoms with Gasteiger partial charge in [-0.05, 0) is 19.1 Å². The summed E-state index contributed by atoms with van der Waals surface area (Å²) in [7, 11) is -3.64. The van der Waals surface area contributed by atoms with Crippen LogP contribution in [0, 0.1) is 6.92 Å². The topological polar surface area (TPSA) is 93.2 Å². The quantitative estimate of drug-likeness (QED) is 0.617. The number of benzene rings is 1. The van der Waals surface area contributed by atoms with Crippen molar-refractivity contribution >= 4 is 10.0 Å². The predicted molar refractivity (Wildman–Crippen MR) is 82.3 cm³/mol. The first-order chi connectivity index (χ1) is 10.5. The molecule has 0 amide bonds. The van der Waals surface area contributed by atoms with Crippen molar-refractivity contribution in [1.29, 1.82) is 0 Å². The Morgan fingerprint density at radius 1 is 1.32 bits per heavy atom. The SMILES string of the molecule is Cc1ccc(S(=O)(=O)n2ncc3c2CCN(CNN)C3)cc1. The average molecular weight is 321 g/mol. The molecule has 0 spiro atoms. The molecular weight excluding hydrogens is 302 g/mol. The number of hydrazine groups is 1. The zero-order chi connectivity index (χ0) is 15.7. The van der Waals surface area contributed by atoms with Gasteiger partial charge in [0.2, 0.25) is 0 Å². The maximum atomic E-state index is 12.7. The molecule has 1 aromatic carbocycles. The Bertz CT molecular complexity index is 767. The van der Waals surface area contributed by atoms with Gasteiger partial charge in [-0.2, -0.15) is 17.6 Å². The number of rotatable bonds is 4. The molecule has 0 saturated carbocycles. The molecule has 7 nitrogen and oxygen atoms in total. The van der Waals surface area contributed by atoms with Crippen LogP contribution in [0.4, 0.5) is 0 Å². The summed E-state index contributed by atoms with van der Waals surface area (Å²) in [5.74, 6) is 5.33. The number of hydrogen-bond donors (Lipinski definition) is 2. The van der Waals surface area contributed by atoms with Gasteiger partial charge in [-0.25, -0.2) is 5.43 Å². The van der Waals surface area contributed by atoms with Crippen LogP contribution in [-0.4, -0.2) is 35.7 Å². The lowest BCUT2D eigenvalue weighted by Gasteiger charge is -2.26. The van der Waals surface area contributed by atoms with Gasteiger partial charge in [0.05, 0.1) is 23.5 Å². The maximum absolute atomic E-state index is 12.7. The highest BCUT2D eigenvalue weighted by atomic mass is 32.2. The minimum absolute atomic E-state index is 0.259. The Morgan fingerprint density at radius 3 is 2.73 bits per heavy atom. The molecule has 0 radical (unpaired) electrons. The average Bonchev–Trinajstić information content (AvgIpc) is 2.92. The Morgan fingerprint density at radius 2 is 2.05 bits per heavy atom. The third-order valence-corrected chi connectivity index (χ3v) is 5.48. The van der Waals surface area contributed by atoms with Gasteiger partial charge >= 0.3 is 0 Å². The molecule has 8 heteroatoms. The first-order valence-corrected chi connectivity index (χ1v) is 8.50. The lowest BCUT2D eigenvalue weighted by molar-refractivity contribution is 0.234. The van der Waals surface area contributed by atoms with E-state index in [2.05, 4.69) is 15.4 Å². The van der Waals surface area contributed by atoms with Crippen molar-refractivity contribution < 1.29 is 8.42 Å². The summed E-state index contributed by atoms with van der Waals surface area (Å²) in [4.78, 5) is 2.36. The largest absolute Gasteiger partial charge is 0.285 e. The van der Waals surface area contributed by atoms with E-state index >= 15 is 0 Å². The molecule has 3 rings (SSSR count). The Hall–Kier alpha value is -1.74. The van der Waals surface area contributed by atoms with E-state index < -0.39 is 10.0 Å². The number of fused-ring (bicyclic) bond motifs is 1. The molecular formula is C14H19N5O2S. The van der Waals surface area contributed by atoms with Crippen LogP contribution in [0.15, 0.2) is 35.4 Å². The minimum atomic E-state index is -3.64. The van der Waals surface area contributed by atoms with Gasteiger partial charge in [0, 0.05) is 25.1 Å². The van der Waals surface area contributed by atoms with Crippen LogP contribution in [0.1, 0.15) is 16.8 Å². The fourth-order valence-electron chi connectivity index (χ4n) is 2.64. The van der Waals surface area contributed by atoms with E-state index in [9.17, 15) is 8.42 Å². The third kappa shape index (κ3) is 2.66. The molecule has 22 heavy (non-hydrogen) atoms. The first kappa shape index (κ1) is 15.2. The van der Waals surface area contributed by atoms with E-state index in [1.165, 1.54) is 4.09 Å². The zero-order valence-corrected chi connectivity index (χ0v) is 13.2. The monoisotopic (exact) mass is 321 g/mol. The summed E-state index contributed by atoms with van der Waals surface area (Å²) in [6.07, 6.45) is 2.26. The van der Waals surface area contributed by atoms with Gasteiger partial charge in [-0.15, -0.1) is 0 Å². The second-order valence-corrected chi connectivity index (χ2v) is 7.21. The Balaban J connectivity index is 1.95. The number of aryl methyl sites for hydroxylation is 1. The van der Waals surface area contributed by atoms with Crippen LogP contribution in [0.2, 0.25) is 0 Å². The first-order valence-electron chi connectivity index (χ1n) is 7.06. The standard InChI is InChI=1S/C14H19N5O2S/c1-11-2-4-13(5-3-11)22(20,21)19-14-6-7-18(10-16-15)9-12(14)8-17-19/h2-5,8,16H,6-7,9-10,15H2,1H3. The van der Waals surface area contributed by atoms with Crippen LogP contribution in [0.5, 0.6) is 0 Å². The molecule has 0 bridgehead atoms. The van der Waals surface area contributed by atoms with E-state index in [4.69, 9.17) is 5.84 Å². The van der Waals surface area contributed by atoms with E-state index in [-0.39, 0.29) is 4.90 Å². The molecule has 0 saturated heterocycles. The maximum Gasteiger partial charge on any atom is 0.283 e. The van der Waals surface area contributed by atoms with Crippen LogP contribution in [0.25, 0.3) is 0 Å². The third-order valence-electron chi connectivity index (χ3n) is 3.84. The van der Waals surface area contributed by atoms with Gasteiger partial charge in [0.25, 0.3) is 10.0 Å². The molecule has 0 atom stereocenters. The van der Waals surface area contributed by atoms with Crippen molar-refractivity contribution in [3.63, 3.8) is 0 Å². The highest BCUT2D eigenvalue weighted by molar-refractivity contribution is 7.89. The minimum Gasteiger partial charge on any atom is -0.285 e. The van der Waals surface area contributed by atoms with E-state index in [0.717, 1.165) is 23.4 Å². The summed E-state index contributed by atoms with van der Waals surface area (Å²) in [5.41, 5.74) is 5.32. The summed E-state index contributed by atoms with van der Waals surface area (Å²) in [6.45, 7) is 3.87. The summed E-state index contributed by atoms with van der Waals surface area (Å²) < 4.78 is 26.6. The van der Waals surface area contributed by atoms with Crippen LogP contribution < -0.4 is 11.3 Å². The molecule has 3 N–H and O–H groups in total. The van der Waals surface area contributed by atoms with Crippen LogP contribution in [0.3, 0.4) is 0 Å². The summed E-state index contributed by atoms with van der Waals surface area (Å²) in [5, 5.41) is 4.11. The van der Waals surface area contributed by atoms with Crippen molar-refractivity contribution in [3.05, 3.63) is 47.3 Å². The van der Waals surface area contributed by atoms with Crippen molar-refractivity contribution in [2.24, 2.45) is 5.84 Å². The number of hydrogen-bond acceptors (Lipinski definition) is 6. The molecule has 118 valence electrons.